The third-order valence-corrected chi connectivity index (χ3v) is 6.14. The van der Waals surface area contributed by atoms with E-state index in [9.17, 15) is 0 Å². The normalized spacial score (nSPS) is 21.9. The third kappa shape index (κ3) is 4.57. The third-order valence-electron chi connectivity index (χ3n) is 4.80. The molecule has 1 aliphatic heterocycles. The van der Waals surface area contributed by atoms with Crippen LogP contribution in [0.25, 0.3) is 11.4 Å². The van der Waals surface area contributed by atoms with Crippen molar-refractivity contribution < 1.29 is 0 Å². The molecule has 24 heavy (non-hydrogen) atoms. The van der Waals surface area contributed by atoms with Crippen LogP contribution in [-0.4, -0.2) is 55.2 Å². The van der Waals surface area contributed by atoms with E-state index < -0.39 is 0 Å². The minimum absolute atomic E-state index is 0.703. The molecular formula is C18H27N5S. The highest BCUT2D eigenvalue weighted by molar-refractivity contribution is 8.00. The highest BCUT2D eigenvalue weighted by atomic mass is 32.2. The summed E-state index contributed by atoms with van der Waals surface area (Å²) in [4.78, 5) is 4.37. The summed E-state index contributed by atoms with van der Waals surface area (Å²) in [6.45, 7) is 8.01. The first-order valence-electron chi connectivity index (χ1n) is 8.93. The summed E-state index contributed by atoms with van der Waals surface area (Å²) in [6, 6.07) is 10.7. The fraction of sp³-hybridized carbons (Fsp3) is 0.611. The number of thioether (sulfide) groups is 1. The van der Waals surface area contributed by atoms with Crippen molar-refractivity contribution in [1.29, 1.82) is 0 Å². The van der Waals surface area contributed by atoms with Gasteiger partial charge in [-0.3, -0.25) is 4.90 Å². The number of rotatable bonds is 7. The molecule has 0 amide bonds. The van der Waals surface area contributed by atoms with Gasteiger partial charge < -0.3 is 0 Å². The maximum absolute atomic E-state index is 4.47. The lowest BCUT2D eigenvalue weighted by molar-refractivity contribution is 0.208. The lowest BCUT2D eigenvalue weighted by atomic mass is 10.1. The zero-order valence-electron chi connectivity index (χ0n) is 14.6. The first kappa shape index (κ1) is 17.4. The van der Waals surface area contributed by atoms with Gasteiger partial charge in [0.1, 0.15) is 0 Å². The summed E-state index contributed by atoms with van der Waals surface area (Å²) >= 11 is 2.10. The molecule has 5 nitrogen and oxygen atoms in total. The predicted octanol–water partition coefficient (Wildman–Crippen LogP) is 3.34. The molecule has 1 aliphatic rings. The topological polar surface area (TPSA) is 46.8 Å². The van der Waals surface area contributed by atoms with Crippen LogP contribution in [0.2, 0.25) is 0 Å². The summed E-state index contributed by atoms with van der Waals surface area (Å²) in [5, 5.41) is 13.5. The van der Waals surface area contributed by atoms with Gasteiger partial charge in [0, 0.05) is 29.2 Å². The second-order valence-corrected chi connectivity index (χ2v) is 7.97. The Balaban J connectivity index is 1.37. The fourth-order valence-corrected chi connectivity index (χ4v) is 4.26. The van der Waals surface area contributed by atoms with Gasteiger partial charge in [-0.25, -0.2) is 0 Å². The van der Waals surface area contributed by atoms with Crippen molar-refractivity contribution in [1.82, 2.24) is 25.1 Å². The van der Waals surface area contributed by atoms with Crippen molar-refractivity contribution in [2.45, 2.75) is 50.9 Å². The lowest BCUT2D eigenvalue weighted by Crippen LogP contribution is -2.44. The number of hydrogen-bond acceptors (Lipinski definition) is 5. The van der Waals surface area contributed by atoms with Gasteiger partial charge >= 0.3 is 0 Å². The average molecular weight is 346 g/mol. The number of aryl methyl sites for hydroxylation is 1. The molecule has 1 aromatic heterocycles. The average Bonchev–Trinajstić information content (AvgIpc) is 3.08. The monoisotopic (exact) mass is 345 g/mol. The van der Waals surface area contributed by atoms with Crippen LogP contribution >= 0.6 is 11.8 Å². The van der Waals surface area contributed by atoms with Gasteiger partial charge in [0.2, 0.25) is 5.82 Å². The van der Waals surface area contributed by atoms with E-state index in [1.165, 1.54) is 31.7 Å². The van der Waals surface area contributed by atoms with E-state index in [2.05, 4.69) is 45.9 Å². The van der Waals surface area contributed by atoms with Gasteiger partial charge in [0.15, 0.2) is 0 Å². The van der Waals surface area contributed by atoms with Crippen LogP contribution in [0.1, 0.15) is 33.1 Å². The maximum atomic E-state index is 4.47. The van der Waals surface area contributed by atoms with E-state index in [1.54, 1.807) is 4.80 Å². The number of aromatic nitrogens is 4. The molecule has 2 unspecified atom stereocenters. The largest absolute Gasteiger partial charge is 0.299 e. The molecule has 1 fully saturated rings. The van der Waals surface area contributed by atoms with E-state index >= 15 is 0 Å². The van der Waals surface area contributed by atoms with Crippen molar-refractivity contribution in [3.05, 3.63) is 30.3 Å². The zero-order valence-corrected chi connectivity index (χ0v) is 15.5. The summed E-state index contributed by atoms with van der Waals surface area (Å²) in [7, 11) is 0. The Morgan fingerprint density at radius 2 is 1.88 bits per heavy atom. The zero-order chi connectivity index (χ0) is 16.8. The Hall–Kier alpha value is -1.40. The summed E-state index contributed by atoms with van der Waals surface area (Å²) in [5.74, 6) is 1.99. The smallest absolute Gasteiger partial charge is 0.204 e. The van der Waals surface area contributed by atoms with Gasteiger partial charge in [-0.15, -0.1) is 10.2 Å². The van der Waals surface area contributed by atoms with Crippen LogP contribution in [0.15, 0.2) is 30.3 Å². The molecule has 0 bridgehead atoms. The van der Waals surface area contributed by atoms with Crippen molar-refractivity contribution in [2.75, 3.05) is 18.8 Å². The van der Waals surface area contributed by atoms with E-state index in [-0.39, 0.29) is 0 Å². The molecule has 0 saturated carbocycles. The molecule has 0 spiro atoms. The molecular weight excluding hydrogens is 318 g/mol. The van der Waals surface area contributed by atoms with Gasteiger partial charge in [0.25, 0.3) is 0 Å². The molecule has 130 valence electrons. The highest BCUT2D eigenvalue weighted by Crippen LogP contribution is 2.24. The van der Waals surface area contributed by atoms with Crippen LogP contribution in [0.4, 0.5) is 0 Å². The van der Waals surface area contributed by atoms with Crippen molar-refractivity contribution in [3.8, 4) is 11.4 Å². The Bertz CT molecular complexity index is 615. The van der Waals surface area contributed by atoms with Crippen molar-refractivity contribution in [2.24, 2.45) is 0 Å². The summed E-state index contributed by atoms with van der Waals surface area (Å²) in [6.07, 6.45) is 3.58. The van der Waals surface area contributed by atoms with E-state index in [1.807, 2.05) is 30.3 Å². The van der Waals surface area contributed by atoms with Gasteiger partial charge in [0.05, 0.1) is 6.54 Å². The molecule has 0 radical (unpaired) electrons. The second-order valence-electron chi connectivity index (χ2n) is 6.49. The quantitative estimate of drug-likeness (QED) is 0.720. The Morgan fingerprint density at radius 1 is 1.08 bits per heavy atom. The summed E-state index contributed by atoms with van der Waals surface area (Å²) < 4.78 is 0. The first-order chi connectivity index (χ1) is 11.7. The van der Waals surface area contributed by atoms with Gasteiger partial charge in [-0.1, -0.05) is 43.7 Å². The lowest BCUT2D eigenvalue weighted by Gasteiger charge is -2.37. The van der Waals surface area contributed by atoms with Crippen molar-refractivity contribution >= 4 is 11.8 Å². The molecule has 1 saturated heterocycles. The molecule has 2 aromatic rings. The first-order valence-corrected chi connectivity index (χ1v) is 9.98. The molecule has 6 heteroatoms. The maximum Gasteiger partial charge on any atom is 0.204 e. The van der Waals surface area contributed by atoms with Crippen LogP contribution < -0.4 is 0 Å². The van der Waals surface area contributed by atoms with Crippen molar-refractivity contribution in [3.63, 3.8) is 0 Å². The number of nitrogens with zero attached hydrogens (tertiary/aromatic N) is 5. The van der Waals surface area contributed by atoms with Gasteiger partial charge in [-0.05, 0) is 31.5 Å². The second kappa shape index (κ2) is 8.62. The van der Waals surface area contributed by atoms with Crippen LogP contribution in [0.5, 0.6) is 0 Å². The molecule has 0 aliphatic carbocycles. The Morgan fingerprint density at radius 3 is 2.71 bits per heavy atom. The number of tetrazole rings is 1. The number of unbranched alkanes of at least 4 members (excludes halogenated alkanes) is 2. The number of benzene rings is 1. The summed E-state index contributed by atoms with van der Waals surface area (Å²) in [5.41, 5.74) is 1.02. The minimum atomic E-state index is 0.703. The van der Waals surface area contributed by atoms with E-state index in [0.29, 0.717) is 11.9 Å². The predicted molar refractivity (Wildman–Crippen MR) is 100 cm³/mol. The van der Waals surface area contributed by atoms with Crippen LogP contribution in [0, 0.1) is 0 Å². The molecule has 3 rings (SSSR count). The van der Waals surface area contributed by atoms with Crippen LogP contribution in [0.3, 0.4) is 0 Å². The molecule has 2 heterocycles. The number of hydrogen-bond donors (Lipinski definition) is 0. The van der Waals surface area contributed by atoms with Crippen LogP contribution in [-0.2, 0) is 6.54 Å². The van der Waals surface area contributed by atoms with Gasteiger partial charge in [-0.2, -0.15) is 16.6 Å². The Kier molecular flexibility index (Phi) is 6.26. The Labute approximate surface area is 148 Å². The molecule has 1 aromatic carbocycles. The minimum Gasteiger partial charge on any atom is -0.299 e. The highest BCUT2D eigenvalue weighted by Gasteiger charge is 2.24. The van der Waals surface area contributed by atoms with E-state index in [0.717, 1.165) is 23.8 Å². The molecule has 0 N–H and O–H groups in total. The fourth-order valence-electron chi connectivity index (χ4n) is 3.10. The standard InChI is InChI=1S/C18H27N5S/c1-15-16(2)24-14-13-22(15)11-7-4-8-12-23-20-18(19-21-23)17-9-5-3-6-10-17/h3,5-6,9-10,15-16H,4,7-8,11-14H2,1-2H3. The SMILES string of the molecule is CC1SCCN(CCCCCn2nnc(-c3ccccc3)n2)C1C. The van der Waals surface area contributed by atoms with E-state index in [4.69, 9.17) is 0 Å². The molecule has 2 atom stereocenters.